The normalized spacial score (nSPS) is 18.0. The van der Waals surface area contributed by atoms with Crippen molar-refractivity contribution in [2.75, 3.05) is 0 Å². The number of hydrogen-bond donors (Lipinski definition) is 0. The second-order valence-corrected chi connectivity index (χ2v) is 10.3. The van der Waals surface area contributed by atoms with Gasteiger partial charge in [0, 0.05) is 11.1 Å². The number of aryl methyl sites for hydroxylation is 1. The average Bonchev–Trinajstić information content (AvgIpc) is 2.92. The van der Waals surface area contributed by atoms with Crippen molar-refractivity contribution in [3.8, 4) is 22.3 Å². The summed E-state index contributed by atoms with van der Waals surface area (Å²) in [5, 5.41) is 0. The molecule has 4 rings (SSSR count). The molecule has 1 saturated carbocycles. The zero-order valence-electron chi connectivity index (χ0n) is 21.8. The molecular formula is C33H36F4. The van der Waals surface area contributed by atoms with E-state index in [9.17, 15) is 8.78 Å². The van der Waals surface area contributed by atoms with Crippen LogP contribution < -0.4 is 0 Å². The van der Waals surface area contributed by atoms with Gasteiger partial charge in [-0.15, -0.1) is 0 Å². The van der Waals surface area contributed by atoms with Crippen LogP contribution in [0.25, 0.3) is 22.3 Å². The Balaban J connectivity index is 1.50. The second kappa shape index (κ2) is 12.6. The summed E-state index contributed by atoms with van der Waals surface area (Å²) >= 11 is 0. The molecule has 196 valence electrons. The molecule has 0 aliphatic heterocycles. The van der Waals surface area contributed by atoms with Gasteiger partial charge in [0.15, 0.2) is 23.3 Å². The predicted molar refractivity (Wildman–Crippen MR) is 145 cm³/mol. The van der Waals surface area contributed by atoms with E-state index in [2.05, 4.69) is 6.92 Å². The van der Waals surface area contributed by atoms with Crippen molar-refractivity contribution in [2.24, 2.45) is 5.92 Å². The van der Waals surface area contributed by atoms with Gasteiger partial charge in [-0.2, -0.15) is 0 Å². The van der Waals surface area contributed by atoms with Crippen LogP contribution in [-0.2, 0) is 6.42 Å². The van der Waals surface area contributed by atoms with E-state index in [1.165, 1.54) is 19.3 Å². The highest BCUT2D eigenvalue weighted by atomic mass is 19.2. The van der Waals surface area contributed by atoms with E-state index in [1.54, 1.807) is 48.5 Å². The molecule has 3 aromatic carbocycles. The molecule has 37 heavy (non-hydrogen) atoms. The summed E-state index contributed by atoms with van der Waals surface area (Å²) in [4.78, 5) is 0. The van der Waals surface area contributed by atoms with Crippen molar-refractivity contribution < 1.29 is 17.6 Å². The monoisotopic (exact) mass is 508 g/mol. The van der Waals surface area contributed by atoms with Crippen molar-refractivity contribution in [3.05, 3.63) is 95.1 Å². The third kappa shape index (κ3) is 6.17. The minimum absolute atomic E-state index is 0.0580. The van der Waals surface area contributed by atoms with Crippen LogP contribution >= 0.6 is 0 Å². The molecular weight excluding hydrogens is 472 g/mol. The fraction of sp³-hybridized carbons (Fsp3) is 0.394. The lowest BCUT2D eigenvalue weighted by Crippen LogP contribution is -2.15. The summed E-state index contributed by atoms with van der Waals surface area (Å²) in [6, 6.07) is 13.0. The van der Waals surface area contributed by atoms with Gasteiger partial charge in [0.25, 0.3) is 0 Å². The lowest BCUT2D eigenvalue weighted by atomic mass is 9.76. The Morgan fingerprint density at radius 1 is 0.730 bits per heavy atom. The van der Waals surface area contributed by atoms with Gasteiger partial charge in [0.05, 0.1) is 0 Å². The largest absolute Gasteiger partial charge is 0.203 e. The van der Waals surface area contributed by atoms with Crippen LogP contribution in [0.2, 0.25) is 0 Å². The van der Waals surface area contributed by atoms with Gasteiger partial charge in [-0.1, -0.05) is 86.9 Å². The third-order valence-electron chi connectivity index (χ3n) is 7.85. The first-order chi connectivity index (χ1) is 17.9. The molecule has 1 aliphatic carbocycles. The smallest absolute Gasteiger partial charge is 0.166 e. The molecule has 0 spiro atoms. The molecule has 0 bridgehead atoms. The summed E-state index contributed by atoms with van der Waals surface area (Å²) < 4.78 is 59.7. The van der Waals surface area contributed by atoms with Crippen LogP contribution in [-0.4, -0.2) is 0 Å². The summed E-state index contributed by atoms with van der Waals surface area (Å²) in [7, 11) is 0. The molecule has 0 heterocycles. The highest BCUT2D eigenvalue weighted by Crippen LogP contribution is 2.40. The minimum atomic E-state index is -0.892. The standard InChI is InChI=1S/C33H36F4/c1-3-5-7-9-26-18-19-27(31(35)30(26)34)24-14-16-25(17-15-24)29-21-20-28(32(36)33(29)37)23-12-10-22(11-13-23)8-6-4-2/h3,5,14-23H,4,6-13H2,1-2H3/b5-3+. The Kier molecular flexibility index (Phi) is 9.23. The van der Waals surface area contributed by atoms with Crippen LogP contribution in [0.5, 0.6) is 0 Å². The van der Waals surface area contributed by atoms with Crippen molar-refractivity contribution in [1.82, 2.24) is 0 Å². The maximum Gasteiger partial charge on any atom is 0.166 e. The van der Waals surface area contributed by atoms with Gasteiger partial charge in [0.2, 0.25) is 0 Å². The van der Waals surface area contributed by atoms with Gasteiger partial charge >= 0.3 is 0 Å². The first-order valence-corrected chi connectivity index (χ1v) is 13.6. The number of unbranched alkanes of at least 4 members (excludes halogenated alkanes) is 1. The predicted octanol–water partition coefficient (Wildman–Crippen LogP) is 10.5. The number of halogens is 4. The second-order valence-electron chi connectivity index (χ2n) is 10.3. The number of allylic oxidation sites excluding steroid dienone is 2. The minimum Gasteiger partial charge on any atom is -0.203 e. The number of benzene rings is 3. The Morgan fingerprint density at radius 3 is 1.92 bits per heavy atom. The lowest BCUT2D eigenvalue weighted by Gasteiger charge is -2.29. The summed E-state index contributed by atoms with van der Waals surface area (Å²) in [6.45, 7) is 4.08. The molecule has 0 unspecified atom stereocenters. The van der Waals surface area contributed by atoms with E-state index in [0.29, 0.717) is 41.0 Å². The molecule has 0 saturated heterocycles. The van der Waals surface area contributed by atoms with Crippen LogP contribution in [0.3, 0.4) is 0 Å². The maximum atomic E-state index is 15.2. The zero-order chi connectivity index (χ0) is 26.4. The van der Waals surface area contributed by atoms with Crippen molar-refractivity contribution in [2.45, 2.75) is 77.6 Å². The highest BCUT2D eigenvalue weighted by molar-refractivity contribution is 5.71. The van der Waals surface area contributed by atoms with E-state index in [4.69, 9.17) is 0 Å². The molecule has 1 aliphatic rings. The van der Waals surface area contributed by atoms with Gasteiger partial charge in [-0.05, 0) is 79.5 Å². The number of hydrogen-bond acceptors (Lipinski definition) is 0. The molecule has 0 amide bonds. The van der Waals surface area contributed by atoms with Crippen LogP contribution in [0.15, 0.2) is 60.7 Å². The molecule has 0 nitrogen and oxygen atoms in total. The first-order valence-electron chi connectivity index (χ1n) is 13.6. The Morgan fingerprint density at radius 2 is 1.32 bits per heavy atom. The number of rotatable bonds is 9. The van der Waals surface area contributed by atoms with Crippen LogP contribution in [0, 0.1) is 29.2 Å². The molecule has 1 fully saturated rings. The van der Waals surface area contributed by atoms with E-state index in [1.807, 2.05) is 19.1 Å². The van der Waals surface area contributed by atoms with Crippen molar-refractivity contribution in [1.29, 1.82) is 0 Å². The summed E-state index contributed by atoms with van der Waals surface area (Å²) in [5.41, 5.74) is 2.11. The Bertz CT molecular complexity index is 1220. The summed E-state index contributed by atoms with van der Waals surface area (Å²) in [6.07, 6.45) is 12.5. The Hall–Kier alpha value is -2.88. The Labute approximate surface area is 218 Å². The maximum absolute atomic E-state index is 15.2. The zero-order valence-corrected chi connectivity index (χ0v) is 21.8. The molecule has 3 aromatic rings. The lowest BCUT2D eigenvalue weighted by molar-refractivity contribution is 0.299. The average molecular weight is 509 g/mol. The highest BCUT2D eigenvalue weighted by Gasteiger charge is 2.26. The SMILES string of the molecule is C/C=C/CCc1ccc(-c2ccc(-c3ccc(C4CCC(CCCC)CC4)c(F)c3F)cc2)c(F)c1F. The third-order valence-corrected chi connectivity index (χ3v) is 7.85. The van der Waals surface area contributed by atoms with E-state index < -0.39 is 23.3 Å². The fourth-order valence-electron chi connectivity index (χ4n) is 5.60. The van der Waals surface area contributed by atoms with Gasteiger partial charge in [-0.25, -0.2) is 17.6 Å². The molecule has 0 aromatic heterocycles. The molecule has 0 radical (unpaired) electrons. The first kappa shape index (κ1) is 27.2. The van der Waals surface area contributed by atoms with Crippen molar-refractivity contribution >= 4 is 0 Å². The fourth-order valence-corrected chi connectivity index (χ4v) is 5.60. The quantitative estimate of drug-likeness (QED) is 0.199. The van der Waals surface area contributed by atoms with E-state index in [0.717, 1.165) is 25.7 Å². The van der Waals surface area contributed by atoms with Crippen LogP contribution in [0.4, 0.5) is 17.6 Å². The van der Waals surface area contributed by atoms with E-state index in [-0.39, 0.29) is 17.0 Å². The molecule has 0 N–H and O–H groups in total. The van der Waals surface area contributed by atoms with Gasteiger partial charge < -0.3 is 0 Å². The topological polar surface area (TPSA) is 0 Å². The van der Waals surface area contributed by atoms with Crippen molar-refractivity contribution in [3.63, 3.8) is 0 Å². The van der Waals surface area contributed by atoms with Crippen LogP contribution in [0.1, 0.15) is 82.3 Å². The molecule has 4 heteroatoms. The molecule has 0 atom stereocenters. The van der Waals surface area contributed by atoms with Gasteiger partial charge in [-0.3, -0.25) is 0 Å². The van der Waals surface area contributed by atoms with E-state index >= 15 is 8.78 Å². The van der Waals surface area contributed by atoms with Gasteiger partial charge in [0.1, 0.15) is 0 Å². The summed E-state index contributed by atoms with van der Waals surface area (Å²) in [5.74, 6) is -2.58.